The number of rotatable bonds is 12. The molecule has 4 nitrogen and oxygen atoms in total. The summed E-state index contributed by atoms with van der Waals surface area (Å²) in [7, 11) is 0. The molecule has 0 bridgehead atoms. The van der Waals surface area contributed by atoms with Gasteiger partial charge >= 0.3 is 11.9 Å². The molecular weight excluding hydrogens is 340 g/mol. The van der Waals surface area contributed by atoms with E-state index in [4.69, 9.17) is 9.47 Å². The van der Waals surface area contributed by atoms with Crippen molar-refractivity contribution in [3.63, 3.8) is 0 Å². The van der Waals surface area contributed by atoms with Crippen molar-refractivity contribution in [2.45, 2.75) is 98.3 Å². The molecule has 0 N–H and O–H groups in total. The van der Waals surface area contributed by atoms with Gasteiger partial charge in [-0.3, -0.25) is 9.59 Å². The van der Waals surface area contributed by atoms with Gasteiger partial charge in [-0.1, -0.05) is 72.6 Å². The van der Waals surface area contributed by atoms with E-state index in [0.717, 1.165) is 57.8 Å². The van der Waals surface area contributed by atoms with Crippen LogP contribution in [0.5, 0.6) is 0 Å². The lowest BCUT2D eigenvalue weighted by Gasteiger charge is -2.29. The number of carbonyl (C=O) groups is 2. The zero-order valence-electron chi connectivity index (χ0n) is 18.1. The number of esters is 2. The quantitative estimate of drug-likeness (QED) is 0.239. The van der Waals surface area contributed by atoms with Gasteiger partial charge in [0.2, 0.25) is 0 Å². The largest absolute Gasteiger partial charge is 0.465 e. The smallest absolute Gasteiger partial charge is 0.310 e. The molecule has 4 unspecified atom stereocenters. The molecular formula is C23H42O4. The fourth-order valence-electron chi connectivity index (χ4n) is 4.18. The summed E-state index contributed by atoms with van der Waals surface area (Å²) >= 11 is 0. The fraction of sp³-hybridized carbons (Fsp3) is 0.913. The standard InChI is InChI=1S/C23H42O4/c1-5-7-9-11-16-26-22(24)20-18(3)14-13-15-19(4)21(20)23(25)27-17-12-10-8-6-2/h18-21H,5-17H2,1-4H3. The Morgan fingerprint density at radius 2 is 1.11 bits per heavy atom. The Morgan fingerprint density at radius 1 is 0.704 bits per heavy atom. The minimum atomic E-state index is -0.364. The van der Waals surface area contributed by atoms with E-state index in [-0.39, 0.29) is 35.6 Å². The second-order valence-corrected chi connectivity index (χ2v) is 8.39. The van der Waals surface area contributed by atoms with Gasteiger partial charge in [0, 0.05) is 0 Å². The van der Waals surface area contributed by atoms with Crippen LogP contribution in [0.2, 0.25) is 0 Å². The van der Waals surface area contributed by atoms with Crippen LogP contribution < -0.4 is 0 Å². The third-order valence-electron chi connectivity index (χ3n) is 5.96. The summed E-state index contributed by atoms with van der Waals surface area (Å²) in [6.45, 7) is 9.44. The molecule has 4 heteroatoms. The number of hydrogen-bond acceptors (Lipinski definition) is 4. The molecule has 1 rings (SSSR count). The highest BCUT2D eigenvalue weighted by molar-refractivity contribution is 5.82. The van der Waals surface area contributed by atoms with Gasteiger partial charge in [0.25, 0.3) is 0 Å². The van der Waals surface area contributed by atoms with E-state index < -0.39 is 0 Å². The van der Waals surface area contributed by atoms with Crippen LogP contribution in [0.25, 0.3) is 0 Å². The average Bonchev–Trinajstić information content (AvgIpc) is 2.79. The first-order valence-electron chi connectivity index (χ1n) is 11.4. The van der Waals surface area contributed by atoms with Gasteiger partial charge in [-0.05, 0) is 37.5 Å². The Kier molecular flexibility index (Phi) is 12.4. The number of ether oxygens (including phenoxy) is 2. The maximum atomic E-state index is 12.8. The molecule has 0 radical (unpaired) electrons. The fourth-order valence-corrected chi connectivity index (χ4v) is 4.18. The molecule has 1 saturated carbocycles. The predicted octanol–water partition coefficient (Wildman–Crippen LogP) is 5.92. The van der Waals surface area contributed by atoms with Crippen LogP contribution in [-0.4, -0.2) is 25.2 Å². The van der Waals surface area contributed by atoms with Crippen molar-refractivity contribution in [1.29, 1.82) is 0 Å². The molecule has 0 aromatic carbocycles. The highest BCUT2D eigenvalue weighted by Crippen LogP contribution is 2.38. The summed E-state index contributed by atoms with van der Waals surface area (Å²) in [4.78, 5) is 25.7. The summed E-state index contributed by atoms with van der Waals surface area (Å²) in [6.07, 6.45) is 11.7. The van der Waals surface area contributed by atoms with Crippen LogP contribution in [0.1, 0.15) is 98.3 Å². The van der Waals surface area contributed by atoms with E-state index in [0.29, 0.717) is 13.2 Å². The van der Waals surface area contributed by atoms with Crippen LogP contribution in [0.4, 0.5) is 0 Å². The second-order valence-electron chi connectivity index (χ2n) is 8.39. The number of hydrogen-bond donors (Lipinski definition) is 0. The maximum Gasteiger partial charge on any atom is 0.310 e. The second kappa shape index (κ2) is 14.0. The van der Waals surface area contributed by atoms with Gasteiger partial charge in [0.1, 0.15) is 0 Å². The SMILES string of the molecule is CCCCCCOC(=O)C1C(C)CCCC(C)C1C(=O)OCCCCCC. The van der Waals surface area contributed by atoms with E-state index in [1.54, 1.807) is 0 Å². The Morgan fingerprint density at radius 3 is 1.48 bits per heavy atom. The van der Waals surface area contributed by atoms with Crippen LogP contribution in [0.3, 0.4) is 0 Å². The van der Waals surface area contributed by atoms with E-state index >= 15 is 0 Å². The highest BCUT2D eigenvalue weighted by Gasteiger charge is 2.44. The molecule has 1 fully saturated rings. The molecule has 0 amide bonds. The summed E-state index contributed by atoms with van der Waals surface area (Å²) in [5, 5.41) is 0. The Balaban J connectivity index is 2.66. The minimum absolute atomic E-state index is 0.163. The van der Waals surface area contributed by atoms with Crippen molar-refractivity contribution < 1.29 is 19.1 Å². The van der Waals surface area contributed by atoms with Crippen LogP contribution >= 0.6 is 0 Å². The first-order valence-corrected chi connectivity index (χ1v) is 11.4. The van der Waals surface area contributed by atoms with E-state index in [1.165, 1.54) is 12.8 Å². The third kappa shape index (κ3) is 8.66. The van der Waals surface area contributed by atoms with Crippen molar-refractivity contribution in [3.05, 3.63) is 0 Å². The Labute approximate surface area is 166 Å². The van der Waals surface area contributed by atoms with E-state index in [1.807, 2.05) is 0 Å². The lowest BCUT2D eigenvalue weighted by molar-refractivity contribution is -0.165. The summed E-state index contributed by atoms with van der Waals surface area (Å²) in [5.41, 5.74) is 0. The molecule has 0 spiro atoms. The lowest BCUT2D eigenvalue weighted by Crippen LogP contribution is -2.39. The first kappa shape index (κ1) is 24.0. The normalized spacial score (nSPS) is 25.6. The molecule has 0 heterocycles. The van der Waals surface area contributed by atoms with Crippen molar-refractivity contribution >= 4 is 11.9 Å². The van der Waals surface area contributed by atoms with Gasteiger partial charge in [0.15, 0.2) is 0 Å². The van der Waals surface area contributed by atoms with E-state index in [2.05, 4.69) is 27.7 Å². The summed E-state index contributed by atoms with van der Waals surface area (Å²) in [6, 6.07) is 0. The van der Waals surface area contributed by atoms with Gasteiger partial charge in [0.05, 0.1) is 25.0 Å². The lowest BCUT2D eigenvalue weighted by atomic mass is 9.77. The molecule has 158 valence electrons. The average molecular weight is 383 g/mol. The minimum Gasteiger partial charge on any atom is -0.465 e. The van der Waals surface area contributed by atoms with Crippen molar-refractivity contribution in [3.8, 4) is 0 Å². The Bertz CT molecular complexity index is 383. The molecule has 4 atom stereocenters. The monoisotopic (exact) mass is 382 g/mol. The van der Waals surface area contributed by atoms with Gasteiger partial charge in [-0.25, -0.2) is 0 Å². The van der Waals surface area contributed by atoms with Crippen molar-refractivity contribution in [2.24, 2.45) is 23.7 Å². The topological polar surface area (TPSA) is 52.6 Å². The number of carbonyl (C=O) groups excluding carboxylic acids is 2. The van der Waals surface area contributed by atoms with Gasteiger partial charge in [-0.2, -0.15) is 0 Å². The van der Waals surface area contributed by atoms with Gasteiger partial charge in [-0.15, -0.1) is 0 Å². The zero-order chi connectivity index (χ0) is 20.1. The molecule has 27 heavy (non-hydrogen) atoms. The summed E-state index contributed by atoms with van der Waals surface area (Å²) in [5.74, 6) is -0.790. The molecule has 0 aliphatic heterocycles. The third-order valence-corrected chi connectivity index (χ3v) is 5.96. The van der Waals surface area contributed by atoms with Crippen LogP contribution in [-0.2, 0) is 19.1 Å². The summed E-state index contributed by atoms with van der Waals surface area (Å²) < 4.78 is 11.2. The zero-order valence-corrected chi connectivity index (χ0v) is 18.1. The first-order chi connectivity index (χ1) is 13.0. The van der Waals surface area contributed by atoms with E-state index in [9.17, 15) is 9.59 Å². The molecule has 1 aliphatic rings. The highest BCUT2D eigenvalue weighted by atomic mass is 16.5. The van der Waals surface area contributed by atoms with Gasteiger partial charge < -0.3 is 9.47 Å². The van der Waals surface area contributed by atoms with Crippen molar-refractivity contribution in [2.75, 3.05) is 13.2 Å². The predicted molar refractivity (Wildman–Crippen MR) is 109 cm³/mol. The molecule has 0 aromatic heterocycles. The van der Waals surface area contributed by atoms with Crippen LogP contribution in [0.15, 0.2) is 0 Å². The molecule has 1 aliphatic carbocycles. The van der Waals surface area contributed by atoms with Crippen LogP contribution in [0, 0.1) is 23.7 Å². The molecule has 0 saturated heterocycles. The Hall–Kier alpha value is -1.06. The molecule has 0 aromatic rings. The maximum absolute atomic E-state index is 12.8. The van der Waals surface area contributed by atoms with Crippen molar-refractivity contribution in [1.82, 2.24) is 0 Å². The number of unbranched alkanes of at least 4 members (excludes halogenated alkanes) is 6.